The molecule has 0 aromatic carbocycles. The van der Waals surface area contributed by atoms with Gasteiger partial charge < -0.3 is 9.47 Å². The summed E-state index contributed by atoms with van der Waals surface area (Å²) in [5.74, 6) is 1.56. The van der Waals surface area contributed by atoms with E-state index in [1.165, 1.54) is 0 Å². The van der Waals surface area contributed by atoms with Crippen molar-refractivity contribution in [3.8, 4) is 0 Å². The SMILES string of the molecule is Cc1nc(C)n(C[C@@H]2CN([C@H]3C[C@H](C)OC3=O)CCO2)n1. The number of nitrogens with zero attached hydrogens (tertiary/aromatic N) is 4. The van der Waals surface area contributed by atoms with E-state index in [9.17, 15) is 4.79 Å². The summed E-state index contributed by atoms with van der Waals surface area (Å²) in [4.78, 5) is 18.4. The van der Waals surface area contributed by atoms with E-state index in [1.807, 2.05) is 25.5 Å². The molecular weight excluding hydrogens is 272 g/mol. The molecule has 21 heavy (non-hydrogen) atoms. The quantitative estimate of drug-likeness (QED) is 0.747. The average Bonchev–Trinajstić information content (AvgIpc) is 2.92. The van der Waals surface area contributed by atoms with Crippen LogP contribution in [0.15, 0.2) is 0 Å². The molecule has 2 aliphatic rings. The van der Waals surface area contributed by atoms with Gasteiger partial charge in [-0.3, -0.25) is 9.69 Å². The zero-order chi connectivity index (χ0) is 15.0. The molecule has 0 aliphatic carbocycles. The van der Waals surface area contributed by atoms with E-state index < -0.39 is 0 Å². The molecule has 0 radical (unpaired) electrons. The predicted octanol–water partition coefficient (Wildman–Crippen LogP) is 0.300. The summed E-state index contributed by atoms with van der Waals surface area (Å²) < 4.78 is 12.9. The highest BCUT2D eigenvalue weighted by atomic mass is 16.6. The van der Waals surface area contributed by atoms with Gasteiger partial charge in [-0.05, 0) is 20.8 Å². The van der Waals surface area contributed by atoms with E-state index in [4.69, 9.17) is 9.47 Å². The molecule has 3 heterocycles. The molecule has 7 heteroatoms. The Hall–Kier alpha value is -1.47. The van der Waals surface area contributed by atoms with Crippen molar-refractivity contribution < 1.29 is 14.3 Å². The first-order valence-corrected chi connectivity index (χ1v) is 7.47. The van der Waals surface area contributed by atoms with Gasteiger partial charge in [0.2, 0.25) is 0 Å². The van der Waals surface area contributed by atoms with E-state index >= 15 is 0 Å². The minimum atomic E-state index is -0.120. The first-order valence-electron chi connectivity index (χ1n) is 7.47. The molecule has 1 aromatic heterocycles. The van der Waals surface area contributed by atoms with Crippen LogP contribution in [0.4, 0.5) is 0 Å². The number of aryl methyl sites for hydroxylation is 2. The maximum Gasteiger partial charge on any atom is 0.323 e. The van der Waals surface area contributed by atoms with Gasteiger partial charge in [0.05, 0.1) is 19.3 Å². The normalized spacial score (nSPS) is 30.6. The maximum atomic E-state index is 11.9. The van der Waals surface area contributed by atoms with Crippen LogP contribution in [-0.2, 0) is 20.8 Å². The Kier molecular flexibility index (Phi) is 3.95. The Labute approximate surface area is 124 Å². The third-order valence-corrected chi connectivity index (χ3v) is 4.09. The molecule has 2 aliphatic heterocycles. The fraction of sp³-hybridized carbons (Fsp3) is 0.786. The lowest BCUT2D eigenvalue weighted by Crippen LogP contribution is -2.50. The number of hydrogen-bond acceptors (Lipinski definition) is 6. The zero-order valence-electron chi connectivity index (χ0n) is 12.8. The summed E-state index contributed by atoms with van der Waals surface area (Å²) in [7, 11) is 0. The lowest BCUT2D eigenvalue weighted by molar-refractivity contribution is -0.147. The van der Waals surface area contributed by atoms with Crippen LogP contribution in [0.5, 0.6) is 0 Å². The minimum Gasteiger partial charge on any atom is -0.461 e. The first kappa shape index (κ1) is 14.5. The monoisotopic (exact) mass is 294 g/mol. The van der Waals surface area contributed by atoms with Crippen LogP contribution in [0.2, 0.25) is 0 Å². The van der Waals surface area contributed by atoms with Crippen molar-refractivity contribution in [2.24, 2.45) is 0 Å². The van der Waals surface area contributed by atoms with Crippen LogP contribution in [0, 0.1) is 13.8 Å². The van der Waals surface area contributed by atoms with Gasteiger partial charge in [0.15, 0.2) is 0 Å². The summed E-state index contributed by atoms with van der Waals surface area (Å²) in [6, 6.07) is -0.120. The summed E-state index contributed by atoms with van der Waals surface area (Å²) in [5.41, 5.74) is 0. The number of ether oxygens (including phenoxy) is 2. The second-order valence-corrected chi connectivity index (χ2v) is 5.88. The Bertz CT molecular complexity index is 530. The third kappa shape index (κ3) is 3.08. The lowest BCUT2D eigenvalue weighted by atomic mass is 10.1. The van der Waals surface area contributed by atoms with Gasteiger partial charge in [-0.2, -0.15) is 5.10 Å². The Morgan fingerprint density at radius 1 is 1.38 bits per heavy atom. The van der Waals surface area contributed by atoms with Gasteiger partial charge in [-0.25, -0.2) is 9.67 Å². The number of carbonyl (C=O) groups excluding carboxylic acids is 1. The van der Waals surface area contributed by atoms with Crippen molar-refractivity contribution in [1.29, 1.82) is 0 Å². The Balaban J connectivity index is 1.63. The highest BCUT2D eigenvalue weighted by Crippen LogP contribution is 2.22. The summed E-state index contributed by atoms with van der Waals surface area (Å²) in [6.07, 6.45) is 0.818. The summed E-state index contributed by atoms with van der Waals surface area (Å²) in [5, 5.41) is 4.37. The van der Waals surface area contributed by atoms with Crippen molar-refractivity contribution in [2.75, 3.05) is 19.7 Å². The minimum absolute atomic E-state index is 0.0176. The third-order valence-electron chi connectivity index (χ3n) is 4.09. The van der Waals surface area contributed by atoms with Gasteiger partial charge >= 0.3 is 5.97 Å². The van der Waals surface area contributed by atoms with Crippen LogP contribution in [0.3, 0.4) is 0 Å². The molecule has 7 nitrogen and oxygen atoms in total. The molecule has 116 valence electrons. The Morgan fingerprint density at radius 2 is 2.19 bits per heavy atom. The van der Waals surface area contributed by atoms with Crippen LogP contribution >= 0.6 is 0 Å². The number of cyclic esters (lactones) is 1. The average molecular weight is 294 g/mol. The fourth-order valence-corrected chi connectivity index (χ4v) is 3.10. The summed E-state index contributed by atoms with van der Waals surface area (Å²) >= 11 is 0. The summed E-state index contributed by atoms with van der Waals surface area (Å²) in [6.45, 7) is 8.57. The molecule has 0 bridgehead atoms. The van der Waals surface area contributed by atoms with E-state index in [0.717, 1.165) is 31.2 Å². The number of rotatable bonds is 3. The molecular formula is C14H22N4O3. The largest absolute Gasteiger partial charge is 0.461 e. The van der Waals surface area contributed by atoms with Gasteiger partial charge in [-0.1, -0.05) is 0 Å². The van der Waals surface area contributed by atoms with Crippen molar-refractivity contribution >= 4 is 5.97 Å². The molecule has 2 saturated heterocycles. The molecule has 1 aromatic rings. The lowest BCUT2D eigenvalue weighted by Gasteiger charge is -2.35. The van der Waals surface area contributed by atoms with E-state index in [1.54, 1.807) is 0 Å². The van der Waals surface area contributed by atoms with Crippen molar-refractivity contribution in [3.05, 3.63) is 11.6 Å². The van der Waals surface area contributed by atoms with Crippen molar-refractivity contribution in [3.63, 3.8) is 0 Å². The number of carbonyl (C=O) groups is 1. The molecule has 0 unspecified atom stereocenters. The molecule has 3 atom stereocenters. The molecule has 0 saturated carbocycles. The van der Waals surface area contributed by atoms with Gasteiger partial charge in [0.1, 0.15) is 23.8 Å². The van der Waals surface area contributed by atoms with Crippen molar-refractivity contribution in [1.82, 2.24) is 19.7 Å². The fourth-order valence-electron chi connectivity index (χ4n) is 3.10. The standard InChI is InChI=1S/C14H22N4O3/c1-9-6-13(14(19)21-9)17-4-5-20-12(7-17)8-18-11(3)15-10(2)16-18/h9,12-13H,4-8H2,1-3H3/t9-,12-,13-/m0/s1. The zero-order valence-corrected chi connectivity index (χ0v) is 12.8. The molecule has 2 fully saturated rings. The van der Waals surface area contributed by atoms with E-state index in [0.29, 0.717) is 13.2 Å². The second-order valence-electron chi connectivity index (χ2n) is 5.88. The number of hydrogen-bond donors (Lipinski definition) is 0. The predicted molar refractivity (Wildman–Crippen MR) is 74.8 cm³/mol. The number of aromatic nitrogens is 3. The topological polar surface area (TPSA) is 69.5 Å². The number of esters is 1. The van der Waals surface area contributed by atoms with Crippen LogP contribution < -0.4 is 0 Å². The van der Waals surface area contributed by atoms with E-state index in [-0.39, 0.29) is 24.2 Å². The second kappa shape index (κ2) is 5.73. The van der Waals surface area contributed by atoms with Crippen LogP contribution in [0.25, 0.3) is 0 Å². The van der Waals surface area contributed by atoms with Gasteiger partial charge in [0, 0.05) is 19.5 Å². The highest BCUT2D eigenvalue weighted by Gasteiger charge is 2.38. The van der Waals surface area contributed by atoms with Crippen LogP contribution in [0.1, 0.15) is 25.0 Å². The Morgan fingerprint density at radius 3 is 2.81 bits per heavy atom. The van der Waals surface area contributed by atoms with Crippen LogP contribution in [-0.4, -0.2) is 63.6 Å². The molecule has 3 rings (SSSR count). The highest BCUT2D eigenvalue weighted by molar-refractivity contribution is 5.78. The van der Waals surface area contributed by atoms with Gasteiger partial charge in [0.25, 0.3) is 0 Å². The maximum absolute atomic E-state index is 11.9. The number of morpholine rings is 1. The van der Waals surface area contributed by atoms with E-state index in [2.05, 4.69) is 15.0 Å². The van der Waals surface area contributed by atoms with Crippen molar-refractivity contribution in [2.45, 2.75) is 52.0 Å². The smallest absolute Gasteiger partial charge is 0.323 e. The molecule has 0 spiro atoms. The molecule has 0 amide bonds. The van der Waals surface area contributed by atoms with Gasteiger partial charge in [-0.15, -0.1) is 0 Å². The molecule has 0 N–H and O–H groups in total. The first-order chi connectivity index (χ1) is 10.0.